The molecule has 2 aromatic heterocycles. The molecule has 0 unspecified atom stereocenters. The molecule has 0 saturated carbocycles. The molecular formula is C56H36N4. The highest BCUT2D eigenvalue weighted by atomic mass is 15.1. The van der Waals surface area contributed by atoms with Crippen LogP contribution >= 0.6 is 0 Å². The third kappa shape index (κ3) is 5.39. The second kappa shape index (κ2) is 13.8. The van der Waals surface area contributed by atoms with Crippen LogP contribution in [0.15, 0.2) is 218 Å². The first-order valence-corrected chi connectivity index (χ1v) is 20.4. The average Bonchev–Trinajstić information content (AvgIpc) is 3.90. The quantitative estimate of drug-likeness (QED) is 0.158. The second-order valence-corrected chi connectivity index (χ2v) is 15.4. The molecule has 0 aliphatic carbocycles. The SMILES string of the molecule is c1ccc(-c2ccc3c(-c4c5cccc(-n6c(-c7ccccc7)nc7ccccc76)c5cc5c(-n6c(-c7ccccc7)nc7ccccc76)cccc45)cccc3c2)cc1. The van der Waals surface area contributed by atoms with E-state index in [1.165, 1.54) is 43.8 Å². The van der Waals surface area contributed by atoms with Crippen LogP contribution in [-0.4, -0.2) is 19.1 Å². The number of hydrogen-bond acceptors (Lipinski definition) is 2. The van der Waals surface area contributed by atoms with Gasteiger partial charge in [0, 0.05) is 21.9 Å². The van der Waals surface area contributed by atoms with Gasteiger partial charge in [0.15, 0.2) is 0 Å². The first kappa shape index (κ1) is 34.0. The van der Waals surface area contributed by atoms with Gasteiger partial charge in [0.25, 0.3) is 0 Å². The molecule has 0 fully saturated rings. The van der Waals surface area contributed by atoms with Gasteiger partial charge in [-0.15, -0.1) is 0 Å². The van der Waals surface area contributed by atoms with Gasteiger partial charge in [-0.05, 0) is 92.3 Å². The van der Waals surface area contributed by atoms with Gasteiger partial charge in [-0.2, -0.15) is 0 Å². The van der Waals surface area contributed by atoms with E-state index >= 15 is 0 Å². The number of benzene rings is 10. The summed E-state index contributed by atoms with van der Waals surface area (Å²) in [5, 5.41) is 7.02. The van der Waals surface area contributed by atoms with Gasteiger partial charge in [0.2, 0.25) is 0 Å². The van der Waals surface area contributed by atoms with Crippen molar-refractivity contribution >= 4 is 54.4 Å². The zero-order chi connectivity index (χ0) is 39.6. The third-order valence-electron chi connectivity index (χ3n) is 11.9. The van der Waals surface area contributed by atoms with Crippen molar-refractivity contribution in [2.45, 2.75) is 0 Å². The predicted molar refractivity (Wildman–Crippen MR) is 250 cm³/mol. The summed E-state index contributed by atoms with van der Waals surface area (Å²) in [7, 11) is 0. The summed E-state index contributed by atoms with van der Waals surface area (Å²) in [6, 6.07) is 78.2. The van der Waals surface area contributed by atoms with E-state index in [1.54, 1.807) is 0 Å². The third-order valence-corrected chi connectivity index (χ3v) is 11.9. The lowest BCUT2D eigenvalue weighted by Gasteiger charge is -2.20. The van der Waals surface area contributed by atoms with Crippen LogP contribution < -0.4 is 0 Å². The smallest absolute Gasteiger partial charge is 0.145 e. The van der Waals surface area contributed by atoms with E-state index in [1.807, 2.05) is 0 Å². The monoisotopic (exact) mass is 764 g/mol. The Labute approximate surface area is 346 Å². The highest BCUT2D eigenvalue weighted by Crippen LogP contribution is 2.45. The molecule has 60 heavy (non-hydrogen) atoms. The maximum Gasteiger partial charge on any atom is 0.145 e. The van der Waals surface area contributed by atoms with E-state index in [4.69, 9.17) is 9.97 Å². The van der Waals surface area contributed by atoms with Gasteiger partial charge in [0.05, 0.1) is 33.4 Å². The summed E-state index contributed by atoms with van der Waals surface area (Å²) in [4.78, 5) is 10.5. The van der Waals surface area contributed by atoms with Crippen LogP contribution in [0.25, 0.3) is 111 Å². The van der Waals surface area contributed by atoms with Crippen molar-refractivity contribution in [2.24, 2.45) is 0 Å². The minimum absolute atomic E-state index is 0.907. The van der Waals surface area contributed by atoms with Crippen LogP contribution in [0.4, 0.5) is 0 Å². The summed E-state index contributed by atoms with van der Waals surface area (Å²) in [6.07, 6.45) is 0. The van der Waals surface area contributed by atoms with E-state index < -0.39 is 0 Å². The molecule has 0 aliphatic rings. The molecule has 4 nitrogen and oxygen atoms in total. The maximum absolute atomic E-state index is 5.27. The maximum atomic E-state index is 5.27. The highest BCUT2D eigenvalue weighted by Gasteiger charge is 2.23. The lowest BCUT2D eigenvalue weighted by molar-refractivity contribution is 1.11. The number of para-hydroxylation sites is 4. The number of rotatable bonds is 6. The fourth-order valence-electron chi connectivity index (χ4n) is 9.23. The van der Waals surface area contributed by atoms with Crippen LogP contribution in [0, 0.1) is 0 Å². The topological polar surface area (TPSA) is 35.6 Å². The summed E-state index contributed by atoms with van der Waals surface area (Å²) in [5.41, 5.74) is 13.1. The summed E-state index contributed by atoms with van der Waals surface area (Å²) in [5.74, 6) is 1.81. The van der Waals surface area contributed by atoms with Crippen molar-refractivity contribution in [3.8, 4) is 56.4 Å². The van der Waals surface area contributed by atoms with Crippen molar-refractivity contribution in [3.63, 3.8) is 0 Å². The number of imidazole rings is 2. The normalized spacial score (nSPS) is 11.7. The van der Waals surface area contributed by atoms with Gasteiger partial charge in [-0.1, -0.05) is 170 Å². The van der Waals surface area contributed by atoms with Crippen molar-refractivity contribution in [1.29, 1.82) is 0 Å². The molecular weight excluding hydrogens is 729 g/mol. The minimum Gasteiger partial charge on any atom is -0.292 e. The standard InChI is InChI=1S/C56H36N4/c1-4-17-37(18-5-1)40-33-34-42-41(35-40)23-14-24-43(42)54-44-25-15-31-50(59-52-29-12-10-27-48(52)57-55(59)38-19-6-2-7-20-38)46(44)36-47-45(54)26-16-32-51(47)60-53-30-13-11-28-49(53)58-56(60)39-21-8-3-9-22-39/h1-36H. The van der Waals surface area contributed by atoms with Gasteiger partial charge < -0.3 is 0 Å². The minimum atomic E-state index is 0.907. The fraction of sp³-hybridized carbons (Fsp3) is 0. The van der Waals surface area contributed by atoms with Crippen LogP contribution in [0.5, 0.6) is 0 Å². The Morgan fingerprint density at radius 1 is 0.300 bits per heavy atom. The molecule has 0 radical (unpaired) electrons. The van der Waals surface area contributed by atoms with Crippen molar-refractivity contribution in [1.82, 2.24) is 19.1 Å². The molecule has 0 N–H and O–H groups in total. The van der Waals surface area contributed by atoms with Crippen molar-refractivity contribution in [3.05, 3.63) is 218 Å². The Morgan fingerprint density at radius 2 is 0.783 bits per heavy atom. The zero-order valence-electron chi connectivity index (χ0n) is 32.6. The molecule has 0 atom stereocenters. The largest absolute Gasteiger partial charge is 0.292 e. The molecule has 0 amide bonds. The van der Waals surface area contributed by atoms with Crippen molar-refractivity contribution < 1.29 is 0 Å². The molecule has 4 heteroatoms. The van der Waals surface area contributed by atoms with Crippen LogP contribution in [-0.2, 0) is 0 Å². The molecule has 0 aliphatic heterocycles. The van der Waals surface area contributed by atoms with E-state index in [9.17, 15) is 0 Å². The Balaban J connectivity index is 1.22. The van der Waals surface area contributed by atoms with Crippen LogP contribution in [0.1, 0.15) is 0 Å². The lowest BCUT2D eigenvalue weighted by atomic mass is 9.87. The van der Waals surface area contributed by atoms with Crippen LogP contribution in [0.2, 0.25) is 0 Å². The first-order chi connectivity index (χ1) is 29.8. The molecule has 2 heterocycles. The van der Waals surface area contributed by atoms with Gasteiger partial charge in [0.1, 0.15) is 11.6 Å². The molecule has 12 rings (SSSR count). The predicted octanol–water partition coefficient (Wildman–Crippen LogP) is 14.5. The number of hydrogen-bond donors (Lipinski definition) is 0. The Morgan fingerprint density at radius 3 is 1.33 bits per heavy atom. The van der Waals surface area contributed by atoms with E-state index in [0.717, 1.165) is 67.0 Å². The Hall–Kier alpha value is -8.08. The average molecular weight is 765 g/mol. The summed E-state index contributed by atoms with van der Waals surface area (Å²) in [6.45, 7) is 0. The van der Waals surface area contributed by atoms with E-state index in [2.05, 4.69) is 228 Å². The number of fused-ring (bicyclic) bond motifs is 5. The molecule has 0 saturated heterocycles. The zero-order valence-corrected chi connectivity index (χ0v) is 32.6. The van der Waals surface area contributed by atoms with E-state index in [-0.39, 0.29) is 0 Å². The van der Waals surface area contributed by atoms with Crippen molar-refractivity contribution in [2.75, 3.05) is 0 Å². The Kier molecular flexibility index (Phi) is 7.82. The number of nitrogens with zero attached hydrogens (tertiary/aromatic N) is 4. The molecule has 0 bridgehead atoms. The highest BCUT2D eigenvalue weighted by molar-refractivity contribution is 6.20. The lowest BCUT2D eigenvalue weighted by Crippen LogP contribution is -2.02. The molecule has 12 aromatic rings. The fourth-order valence-corrected chi connectivity index (χ4v) is 9.23. The summed E-state index contributed by atoms with van der Waals surface area (Å²) < 4.78 is 4.70. The summed E-state index contributed by atoms with van der Waals surface area (Å²) >= 11 is 0. The molecule has 280 valence electrons. The van der Waals surface area contributed by atoms with Crippen LogP contribution in [0.3, 0.4) is 0 Å². The molecule has 10 aromatic carbocycles. The van der Waals surface area contributed by atoms with Gasteiger partial charge in [-0.25, -0.2) is 9.97 Å². The van der Waals surface area contributed by atoms with E-state index in [0.29, 0.717) is 0 Å². The van der Waals surface area contributed by atoms with Gasteiger partial charge >= 0.3 is 0 Å². The first-order valence-electron chi connectivity index (χ1n) is 20.4. The molecule has 0 spiro atoms. The number of aromatic nitrogens is 4. The second-order valence-electron chi connectivity index (χ2n) is 15.4. The Bertz CT molecular complexity index is 3410. The van der Waals surface area contributed by atoms with Gasteiger partial charge in [-0.3, -0.25) is 9.13 Å².